The minimum atomic E-state index is -6.04. The zero-order valence-corrected chi connectivity index (χ0v) is 10.5. The maximum Gasteiger partial charge on any atom is 0.273 e. The Bertz CT molecular complexity index is 733. The molecule has 0 amide bonds. The molecule has 0 saturated carbocycles. The molecule has 1 aromatic carbocycles. The van der Waals surface area contributed by atoms with E-state index in [-0.39, 0.29) is 0 Å². The molecule has 0 aromatic heterocycles. The lowest BCUT2D eigenvalue weighted by atomic mass is 10.1. The second-order valence-electron chi connectivity index (χ2n) is 3.73. The van der Waals surface area contributed by atoms with Gasteiger partial charge in [0, 0.05) is 11.1 Å². The van der Waals surface area contributed by atoms with E-state index in [1.54, 1.807) is 0 Å². The van der Waals surface area contributed by atoms with Crippen LogP contribution in [-0.4, -0.2) is 41.6 Å². The van der Waals surface area contributed by atoms with E-state index in [0.717, 1.165) is 12.1 Å². The summed E-state index contributed by atoms with van der Waals surface area (Å²) in [5, 5.41) is 0. The van der Waals surface area contributed by atoms with E-state index in [4.69, 9.17) is 0 Å². The molecule has 1 aromatic rings. The monoisotopic (exact) mass is 304 g/mol. The minimum absolute atomic E-state index is 0.577. The maximum atomic E-state index is 11.8. The Morgan fingerprint density at radius 1 is 0.789 bits per heavy atom. The van der Waals surface area contributed by atoms with Gasteiger partial charge in [0.05, 0.1) is 0 Å². The van der Waals surface area contributed by atoms with Gasteiger partial charge in [0.2, 0.25) is 11.6 Å². The molecule has 0 fully saturated rings. The van der Waals surface area contributed by atoms with Crippen molar-refractivity contribution in [2.24, 2.45) is 0 Å². The summed E-state index contributed by atoms with van der Waals surface area (Å²) in [6, 6.07) is 4.39. The third-order valence-corrected chi connectivity index (χ3v) is 6.09. The molecule has 2 rings (SSSR count). The molecule has 19 heavy (non-hydrogen) atoms. The van der Waals surface area contributed by atoms with Crippen molar-refractivity contribution in [3.8, 4) is 0 Å². The lowest BCUT2D eigenvalue weighted by Crippen LogP contribution is -2.55. The second-order valence-corrected chi connectivity index (χ2v) is 7.03. The molecular weight excluding hydrogens is 300 g/mol. The summed E-state index contributed by atoms with van der Waals surface area (Å²) in [5.41, 5.74) is -1.15. The van der Waals surface area contributed by atoms with E-state index in [1.165, 1.54) is 12.1 Å². The van der Waals surface area contributed by atoms with Gasteiger partial charge in [-0.05, 0) is 0 Å². The number of rotatable bonds is 2. The van der Waals surface area contributed by atoms with Crippen molar-refractivity contribution in [1.29, 1.82) is 0 Å². The fourth-order valence-electron chi connectivity index (χ4n) is 1.92. The fraction of sp³-hybridized carbons (Fsp3) is 0.111. The quantitative estimate of drug-likeness (QED) is 0.491. The summed E-state index contributed by atoms with van der Waals surface area (Å²) in [4.78, 5) is 23.7. The van der Waals surface area contributed by atoms with Crippen LogP contribution in [0.4, 0.5) is 0 Å². The molecule has 0 unspecified atom stereocenters. The standard InChI is InChI=1S/C9H6O8S2/c10-7-5-3-1-2-4-6(5)8(11)9(7,18(12,13)14)19(15,16)17/h1-4H,(H,12,13,14)(H,15,16,17)/p-2. The van der Waals surface area contributed by atoms with E-state index in [9.17, 15) is 35.5 Å². The molecular formula is C9H4O8S2-2. The van der Waals surface area contributed by atoms with Gasteiger partial charge in [0.15, 0.2) is 0 Å². The van der Waals surface area contributed by atoms with Crippen LogP contribution < -0.4 is 0 Å². The summed E-state index contributed by atoms with van der Waals surface area (Å²) in [5.74, 6) is -3.64. The van der Waals surface area contributed by atoms with Gasteiger partial charge in [-0.1, -0.05) is 24.3 Å². The summed E-state index contributed by atoms with van der Waals surface area (Å²) >= 11 is 0. The normalized spacial score (nSPS) is 18.4. The first-order valence-electron chi connectivity index (χ1n) is 4.64. The van der Waals surface area contributed by atoms with E-state index in [2.05, 4.69) is 0 Å². The number of carbonyl (C=O) groups is 2. The van der Waals surface area contributed by atoms with Crippen LogP contribution in [0.25, 0.3) is 0 Å². The first kappa shape index (κ1) is 13.8. The summed E-state index contributed by atoms with van der Waals surface area (Å²) < 4.78 is 62.5. The predicted octanol–water partition coefficient (Wildman–Crippen LogP) is -1.15. The molecule has 0 atom stereocenters. The van der Waals surface area contributed by atoms with Crippen LogP contribution in [0.5, 0.6) is 0 Å². The molecule has 102 valence electrons. The van der Waals surface area contributed by atoms with Crippen molar-refractivity contribution in [2.75, 3.05) is 0 Å². The Morgan fingerprint density at radius 2 is 1.11 bits per heavy atom. The molecule has 8 nitrogen and oxygen atoms in total. The lowest BCUT2D eigenvalue weighted by Gasteiger charge is -2.30. The van der Waals surface area contributed by atoms with Gasteiger partial charge >= 0.3 is 0 Å². The average Bonchev–Trinajstić information content (AvgIpc) is 2.48. The smallest absolute Gasteiger partial charge is 0.273 e. The van der Waals surface area contributed by atoms with Gasteiger partial charge in [-0.15, -0.1) is 0 Å². The number of benzene rings is 1. The highest BCUT2D eigenvalue weighted by Gasteiger charge is 2.63. The maximum absolute atomic E-state index is 11.8. The average molecular weight is 304 g/mol. The van der Waals surface area contributed by atoms with Gasteiger partial charge in [-0.3, -0.25) is 9.59 Å². The second kappa shape index (κ2) is 3.70. The Hall–Kier alpha value is -1.62. The number of fused-ring (bicyclic) bond motifs is 1. The van der Waals surface area contributed by atoms with Crippen molar-refractivity contribution in [3.05, 3.63) is 35.4 Å². The largest absolute Gasteiger partial charge is 0.746 e. The van der Waals surface area contributed by atoms with Crippen LogP contribution in [0, 0.1) is 0 Å². The molecule has 0 saturated heterocycles. The molecule has 1 aliphatic rings. The van der Waals surface area contributed by atoms with Gasteiger partial charge < -0.3 is 9.11 Å². The number of hydrogen-bond donors (Lipinski definition) is 0. The van der Waals surface area contributed by atoms with E-state index < -0.39 is 47.0 Å². The summed E-state index contributed by atoms with van der Waals surface area (Å²) in [6.45, 7) is 0. The SMILES string of the molecule is O=C1c2ccccc2C(=O)C1(S(=O)(=O)[O-])S(=O)(=O)[O-]. The zero-order chi connectivity index (χ0) is 14.6. The molecule has 0 heterocycles. The molecule has 0 bridgehead atoms. The van der Waals surface area contributed by atoms with Gasteiger partial charge in [0.25, 0.3) is 4.08 Å². The van der Waals surface area contributed by atoms with E-state index in [1.807, 2.05) is 0 Å². The van der Waals surface area contributed by atoms with Crippen molar-refractivity contribution < 1.29 is 35.5 Å². The summed E-state index contributed by atoms with van der Waals surface area (Å²) in [6.07, 6.45) is 0. The van der Waals surface area contributed by atoms with Crippen LogP contribution in [-0.2, 0) is 20.2 Å². The topological polar surface area (TPSA) is 149 Å². The molecule has 0 spiro atoms. The first-order valence-corrected chi connectivity index (χ1v) is 7.46. The number of carbonyl (C=O) groups excluding carboxylic acids is 2. The van der Waals surface area contributed by atoms with Crippen LogP contribution in [0.1, 0.15) is 20.7 Å². The highest BCUT2D eigenvalue weighted by molar-refractivity contribution is 8.08. The number of Topliss-reactive ketones (excluding diaryl/α,β-unsaturated/α-hetero) is 2. The highest BCUT2D eigenvalue weighted by atomic mass is 32.3. The number of hydrogen-bond acceptors (Lipinski definition) is 8. The lowest BCUT2D eigenvalue weighted by molar-refractivity contribution is 0.0898. The number of ketones is 2. The Kier molecular flexibility index (Phi) is 2.68. The fourth-order valence-corrected chi connectivity index (χ4v) is 4.26. The molecule has 0 N–H and O–H groups in total. The van der Waals surface area contributed by atoms with Gasteiger partial charge in [0.1, 0.15) is 20.2 Å². The van der Waals surface area contributed by atoms with Crippen molar-refractivity contribution >= 4 is 31.8 Å². The molecule has 10 heteroatoms. The van der Waals surface area contributed by atoms with E-state index >= 15 is 0 Å². The third-order valence-electron chi connectivity index (χ3n) is 2.72. The minimum Gasteiger partial charge on any atom is -0.746 e. The predicted molar refractivity (Wildman–Crippen MR) is 57.2 cm³/mol. The van der Waals surface area contributed by atoms with Gasteiger partial charge in [-0.2, -0.15) is 0 Å². The van der Waals surface area contributed by atoms with Crippen LogP contribution in [0.15, 0.2) is 24.3 Å². The van der Waals surface area contributed by atoms with Crippen molar-refractivity contribution in [2.45, 2.75) is 4.08 Å². The Morgan fingerprint density at radius 3 is 1.37 bits per heavy atom. The van der Waals surface area contributed by atoms with Crippen LogP contribution in [0.2, 0.25) is 0 Å². The molecule has 0 radical (unpaired) electrons. The van der Waals surface area contributed by atoms with Crippen molar-refractivity contribution in [1.82, 2.24) is 0 Å². The zero-order valence-electron chi connectivity index (χ0n) is 8.89. The van der Waals surface area contributed by atoms with E-state index in [0.29, 0.717) is 0 Å². The van der Waals surface area contributed by atoms with Crippen LogP contribution >= 0.6 is 0 Å². The third kappa shape index (κ3) is 1.51. The van der Waals surface area contributed by atoms with Gasteiger partial charge in [-0.25, -0.2) is 16.8 Å². The first-order chi connectivity index (χ1) is 8.55. The van der Waals surface area contributed by atoms with Crippen molar-refractivity contribution in [3.63, 3.8) is 0 Å². The Labute approximate surface area is 107 Å². The molecule has 1 aliphatic carbocycles. The Balaban J connectivity index is 2.99. The highest BCUT2D eigenvalue weighted by Crippen LogP contribution is 2.38. The summed E-state index contributed by atoms with van der Waals surface area (Å²) in [7, 11) is -12.1. The van der Waals surface area contributed by atoms with Crippen LogP contribution in [0.3, 0.4) is 0 Å². The molecule has 0 aliphatic heterocycles.